The van der Waals surface area contributed by atoms with Crippen LogP contribution in [0.15, 0.2) is 60.7 Å². The number of hydrogen-bond acceptors (Lipinski definition) is 5. The first-order chi connectivity index (χ1) is 13.4. The van der Waals surface area contributed by atoms with E-state index in [1.807, 2.05) is 36.4 Å². The van der Waals surface area contributed by atoms with Gasteiger partial charge in [0.1, 0.15) is 10.8 Å². The van der Waals surface area contributed by atoms with Gasteiger partial charge in [-0.3, -0.25) is 20.2 Å². The van der Waals surface area contributed by atoms with Gasteiger partial charge in [-0.1, -0.05) is 48.0 Å². The van der Waals surface area contributed by atoms with Gasteiger partial charge >= 0.3 is 0 Å². The van der Waals surface area contributed by atoms with Crippen molar-refractivity contribution in [1.82, 2.24) is 5.32 Å². The zero-order valence-corrected chi connectivity index (χ0v) is 15.9. The summed E-state index contributed by atoms with van der Waals surface area (Å²) in [6.45, 7) is -0.239. The number of benzene rings is 3. The molecule has 0 aliphatic rings. The molecule has 28 heavy (non-hydrogen) atoms. The van der Waals surface area contributed by atoms with Crippen molar-refractivity contribution in [2.75, 3.05) is 11.9 Å². The second-order valence-corrected chi connectivity index (χ2v) is 6.51. The first-order valence-electron chi connectivity index (χ1n) is 8.09. The molecule has 7 nitrogen and oxygen atoms in total. The van der Waals surface area contributed by atoms with Crippen LogP contribution in [0, 0.1) is 10.1 Å². The second kappa shape index (κ2) is 8.64. The zero-order chi connectivity index (χ0) is 20.1. The van der Waals surface area contributed by atoms with Gasteiger partial charge in [-0.2, -0.15) is 0 Å². The number of nitro groups is 1. The van der Waals surface area contributed by atoms with Crippen LogP contribution in [-0.2, 0) is 4.79 Å². The normalized spacial score (nSPS) is 10.3. The summed E-state index contributed by atoms with van der Waals surface area (Å²) in [4.78, 5) is 22.4. The van der Waals surface area contributed by atoms with Gasteiger partial charge in [-0.25, -0.2) is 0 Å². The standard InChI is InChI=1S/C19H14ClN3O4S/c20-15-9-8-13(10-16(15)23(25)26)21-19(28)22-18(24)11-27-17-7-3-5-12-4-1-2-6-14(12)17/h1-10H,11H2,(H2,21,22,24,28). The highest BCUT2D eigenvalue weighted by atomic mass is 35.5. The molecule has 0 heterocycles. The highest BCUT2D eigenvalue weighted by molar-refractivity contribution is 7.80. The first-order valence-corrected chi connectivity index (χ1v) is 8.88. The molecule has 3 rings (SSSR count). The molecule has 0 radical (unpaired) electrons. The van der Waals surface area contributed by atoms with Gasteiger partial charge in [0.15, 0.2) is 11.7 Å². The fraction of sp³-hybridized carbons (Fsp3) is 0.0526. The second-order valence-electron chi connectivity index (χ2n) is 5.69. The fourth-order valence-electron chi connectivity index (χ4n) is 2.52. The Morgan fingerprint density at radius 1 is 1.14 bits per heavy atom. The van der Waals surface area contributed by atoms with Crippen molar-refractivity contribution in [3.8, 4) is 5.75 Å². The molecule has 3 aromatic carbocycles. The smallest absolute Gasteiger partial charge is 0.289 e. The number of amides is 1. The van der Waals surface area contributed by atoms with Crippen molar-refractivity contribution in [3.63, 3.8) is 0 Å². The Labute approximate surface area is 170 Å². The maximum Gasteiger partial charge on any atom is 0.289 e. The van der Waals surface area contributed by atoms with Crippen molar-refractivity contribution < 1.29 is 14.5 Å². The van der Waals surface area contributed by atoms with Crippen LogP contribution in [0.25, 0.3) is 10.8 Å². The Kier molecular flexibility index (Phi) is 6.03. The third-order valence-corrected chi connectivity index (χ3v) is 4.29. The third-order valence-electron chi connectivity index (χ3n) is 3.76. The van der Waals surface area contributed by atoms with Gasteiger partial charge in [0.05, 0.1) is 4.92 Å². The summed E-state index contributed by atoms with van der Waals surface area (Å²) in [6.07, 6.45) is 0. The van der Waals surface area contributed by atoms with Gasteiger partial charge in [-0.15, -0.1) is 0 Å². The molecule has 1 amide bonds. The summed E-state index contributed by atoms with van der Waals surface area (Å²) in [7, 11) is 0. The van der Waals surface area contributed by atoms with Crippen molar-refractivity contribution in [3.05, 3.63) is 75.8 Å². The summed E-state index contributed by atoms with van der Waals surface area (Å²) < 4.78 is 5.59. The average molecular weight is 416 g/mol. The van der Waals surface area contributed by atoms with Crippen LogP contribution in [-0.4, -0.2) is 22.5 Å². The minimum atomic E-state index is -0.604. The summed E-state index contributed by atoms with van der Waals surface area (Å²) in [5.41, 5.74) is 0.0662. The molecule has 9 heteroatoms. The maximum absolute atomic E-state index is 12.1. The van der Waals surface area contributed by atoms with Gasteiger partial charge in [0, 0.05) is 17.1 Å². The van der Waals surface area contributed by atoms with E-state index in [-0.39, 0.29) is 22.4 Å². The number of anilines is 1. The monoisotopic (exact) mass is 415 g/mol. The first kappa shape index (κ1) is 19.5. The summed E-state index contributed by atoms with van der Waals surface area (Å²) >= 11 is 10.8. The largest absolute Gasteiger partial charge is 0.483 e. The number of hydrogen-bond donors (Lipinski definition) is 2. The van der Waals surface area contributed by atoms with E-state index < -0.39 is 10.8 Å². The Morgan fingerprint density at radius 2 is 1.89 bits per heavy atom. The lowest BCUT2D eigenvalue weighted by atomic mass is 10.1. The van der Waals surface area contributed by atoms with E-state index in [0.717, 1.165) is 10.8 Å². The molecule has 0 aliphatic carbocycles. The lowest BCUT2D eigenvalue weighted by Crippen LogP contribution is -2.37. The minimum Gasteiger partial charge on any atom is -0.483 e. The van der Waals surface area contributed by atoms with Crippen LogP contribution in [0.3, 0.4) is 0 Å². The molecule has 2 N–H and O–H groups in total. The van der Waals surface area contributed by atoms with E-state index >= 15 is 0 Å². The van der Waals surface area contributed by atoms with Gasteiger partial charge < -0.3 is 10.1 Å². The minimum absolute atomic E-state index is 0.00833. The lowest BCUT2D eigenvalue weighted by molar-refractivity contribution is -0.384. The lowest BCUT2D eigenvalue weighted by Gasteiger charge is -2.11. The van der Waals surface area contributed by atoms with Crippen molar-refractivity contribution in [1.29, 1.82) is 0 Å². The van der Waals surface area contributed by atoms with Crippen LogP contribution in [0.1, 0.15) is 0 Å². The van der Waals surface area contributed by atoms with Gasteiger partial charge in [0.25, 0.3) is 11.6 Å². The molecule has 0 spiro atoms. The molecule has 142 valence electrons. The molecule has 0 saturated heterocycles. The van der Waals surface area contributed by atoms with Crippen LogP contribution in [0.2, 0.25) is 5.02 Å². The van der Waals surface area contributed by atoms with Crippen molar-refractivity contribution in [2.24, 2.45) is 0 Å². The Hall–Kier alpha value is -3.23. The number of thiocarbonyl (C=S) groups is 1. The van der Waals surface area contributed by atoms with Crippen LogP contribution >= 0.6 is 23.8 Å². The molecule has 0 atom stereocenters. The Bertz CT molecular complexity index is 1070. The molecule has 0 saturated carbocycles. The predicted molar refractivity (Wildman–Crippen MR) is 112 cm³/mol. The van der Waals surface area contributed by atoms with E-state index in [9.17, 15) is 14.9 Å². The summed E-state index contributed by atoms with van der Waals surface area (Å²) in [5, 5.41) is 18.0. The van der Waals surface area contributed by atoms with Crippen molar-refractivity contribution in [2.45, 2.75) is 0 Å². The van der Waals surface area contributed by atoms with E-state index in [1.54, 1.807) is 6.07 Å². The number of fused-ring (bicyclic) bond motifs is 1. The highest BCUT2D eigenvalue weighted by Gasteiger charge is 2.14. The van der Waals surface area contributed by atoms with Gasteiger partial charge in [0.2, 0.25) is 0 Å². The highest BCUT2D eigenvalue weighted by Crippen LogP contribution is 2.27. The average Bonchev–Trinajstić information content (AvgIpc) is 2.67. The molecule has 0 bridgehead atoms. The van der Waals surface area contributed by atoms with Crippen LogP contribution < -0.4 is 15.4 Å². The molecule has 0 fully saturated rings. The SMILES string of the molecule is O=C(COc1cccc2ccccc12)NC(=S)Nc1ccc(Cl)c([N+](=O)[O-])c1. The number of nitrogens with one attached hydrogen (secondary N) is 2. The number of nitro benzene ring substituents is 1. The van der Waals surface area contributed by atoms with E-state index in [4.69, 9.17) is 28.6 Å². The van der Waals surface area contributed by atoms with Crippen LogP contribution in [0.4, 0.5) is 11.4 Å². The van der Waals surface area contributed by atoms with E-state index in [1.165, 1.54) is 18.2 Å². The van der Waals surface area contributed by atoms with Crippen LogP contribution in [0.5, 0.6) is 5.75 Å². The molecule has 0 aromatic heterocycles. The van der Waals surface area contributed by atoms with E-state index in [2.05, 4.69) is 10.6 Å². The summed E-state index contributed by atoms with van der Waals surface area (Å²) in [5.74, 6) is 0.120. The Balaban J connectivity index is 1.58. The molecular weight excluding hydrogens is 402 g/mol. The van der Waals surface area contributed by atoms with E-state index in [0.29, 0.717) is 11.4 Å². The number of carbonyl (C=O) groups excluding carboxylic acids is 1. The maximum atomic E-state index is 12.1. The predicted octanol–water partition coefficient (Wildman–Crippen LogP) is 4.29. The van der Waals surface area contributed by atoms with Gasteiger partial charge in [-0.05, 0) is 35.8 Å². The number of carbonyl (C=O) groups is 1. The third kappa shape index (κ3) is 4.73. The molecule has 0 unspecified atom stereocenters. The number of nitrogens with zero attached hydrogens (tertiary/aromatic N) is 1. The fourth-order valence-corrected chi connectivity index (χ4v) is 2.94. The number of halogens is 1. The summed E-state index contributed by atoms with van der Waals surface area (Å²) in [6, 6.07) is 17.4. The zero-order valence-electron chi connectivity index (χ0n) is 14.3. The number of rotatable bonds is 5. The molecule has 3 aromatic rings. The van der Waals surface area contributed by atoms with Crippen molar-refractivity contribution >= 4 is 57.0 Å². The quantitative estimate of drug-likeness (QED) is 0.366. The number of ether oxygens (including phenoxy) is 1. The molecular formula is C19H14ClN3O4S. The Morgan fingerprint density at radius 3 is 2.68 bits per heavy atom. The topological polar surface area (TPSA) is 93.5 Å². The molecule has 0 aliphatic heterocycles.